The number of likely N-dealkylation sites (tertiary alicyclic amines) is 1. The van der Waals surface area contributed by atoms with E-state index >= 15 is 0 Å². The Labute approximate surface area is 123 Å². The minimum Gasteiger partial charge on any atom is -0.496 e. The van der Waals surface area contributed by atoms with Crippen LogP contribution in [0, 0.1) is 11.8 Å². The van der Waals surface area contributed by atoms with Crippen molar-refractivity contribution in [2.24, 2.45) is 11.8 Å². The summed E-state index contributed by atoms with van der Waals surface area (Å²) in [4.78, 5) is 2.60. The fraction of sp³-hybridized carbons (Fsp3) is 0.600. The van der Waals surface area contributed by atoms with Crippen molar-refractivity contribution in [3.63, 3.8) is 0 Å². The monoisotopic (exact) mass is 324 g/mol. The molecule has 0 bridgehead atoms. The van der Waals surface area contributed by atoms with Gasteiger partial charge in [0.2, 0.25) is 0 Å². The first-order valence-corrected chi connectivity index (χ1v) is 7.75. The molecule has 0 aromatic heterocycles. The Morgan fingerprint density at radius 1 is 1.42 bits per heavy atom. The van der Waals surface area contributed by atoms with Crippen LogP contribution in [0.3, 0.4) is 0 Å². The average Bonchev–Trinajstić information content (AvgIpc) is 2.95. The molecule has 1 N–H and O–H groups in total. The summed E-state index contributed by atoms with van der Waals surface area (Å²) < 4.78 is 6.60. The van der Waals surface area contributed by atoms with E-state index in [1.54, 1.807) is 7.11 Å². The van der Waals surface area contributed by atoms with Gasteiger partial charge in [0.15, 0.2) is 0 Å². The quantitative estimate of drug-likeness (QED) is 0.924. The fourth-order valence-electron chi connectivity index (χ4n) is 3.55. The minimum absolute atomic E-state index is 0.656. The normalized spacial score (nSPS) is 30.6. The van der Waals surface area contributed by atoms with Crippen LogP contribution in [0.5, 0.6) is 5.75 Å². The number of nitrogens with zero attached hydrogens (tertiary/aromatic N) is 1. The van der Waals surface area contributed by atoms with Gasteiger partial charge in [-0.2, -0.15) is 0 Å². The second-order valence-electron chi connectivity index (χ2n) is 5.71. The van der Waals surface area contributed by atoms with Crippen LogP contribution >= 0.6 is 15.9 Å². The van der Waals surface area contributed by atoms with Crippen molar-refractivity contribution in [1.82, 2.24) is 10.2 Å². The smallest absolute Gasteiger partial charge is 0.123 e. The molecule has 4 heteroatoms. The molecule has 2 aliphatic rings. The third-order valence-electron chi connectivity index (χ3n) is 4.67. The highest BCUT2D eigenvalue weighted by Crippen LogP contribution is 2.34. The highest BCUT2D eigenvalue weighted by molar-refractivity contribution is 9.10. The number of rotatable bonds is 3. The van der Waals surface area contributed by atoms with Crippen LogP contribution in [0.15, 0.2) is 22.7 Å². The Bertz CT molecular complexity index is 465. The molecule has 19 heavy (non-hydrogen) atoms. The highest BCUT2D eigenvalue weighted by atomic mass is 79.9. The zero-order chi connectivity index (χ0) is 13.4. The number of hydrogen-bond donors (Lipinski definition) is 1. The van der Waals surface area contributed by atoms with Crippen molar-refractivity contribution in [3.8, 4) is 5.75 Å². The van der Waals surface area contributed by atoms with E-state index in [9.17, 15) is 0 Å². The van der Waals surface area contributed by atoms with E-state index in [1.165, 1.54) is 25.2 Å². The maximum atomic E-state index is 5.48. The van der Waals surface area contributed by atoms with Crippen molar-refractivity contribution >= 4 is 15.9 Å². The van der Waals surface area contributed by atoms with Gasteiger partial charge in [0.1, 0.15) is 5.75 Å². The molecule has 3 unspecified atom stereocenters. The van der Waals surface area contributed by atoms with Gasteiger partial charge in [-0.05, 0) is 50.0 Å². The van der Waals surface area contributed by atoms with Gasteiger partial charge in [-0.3, -0.25) is 4.90 Å². The number of fused-ring (bicyclic) bond motifs is 1. The second kappa shape index (κ2) is 5.43. The minimum atomic E-state index is 0.656. The van der Waals surface area contributed by atoms with Gasteiger partial charge in [0.05, 0.1) is 7.11 Å². The topological polar surface area (TPSA) is 24.5 Å². The lowest BCUT2D eigenvalue weighted by Crippen LogP contribution is -2.32. The Balaban J connectivity index is 1.77. The summed E-state index contributed by atoms with van der Waals surface area (Å²) in [7, 11) is 1.75. The van der Waals surface area contributed by atoms with Gasteiger partial charge in [-0.15, -0.1) is 0 Å². The fourth-order valence-corrected chi connectivity index (χ4v) is 3.96. The van der Waals surface area contributed by atoms with E-state index in [2.05, 4.69) is 39.1 Å². The molecule has 2 fully saturated rings. The summed E-state index contributed by atoms with van der Waals surface area (Å²) in [6.45, 7) is 6.91. The third-order valence-corrected chi connectivity index (χ3v) is 5.17. The molecule has 104 valence electrons. The molecule has 2 saturated heterocycles. The number of halogens is 1. The Morgan fingerprint density at radius 2 is 2.26 bits per heavy atom. The largest absolute Gasteiger partial charge is 0.496 e. The molecule has 3 nitrogen and oxygen atoms in total. The van der Waals surface area contributed by atoms with Crippen LogP contribution in [0.25, 0.3) is 0 Å². The van der Waals surface area contributed by atoms with Gasteiger partial charge < -0.3 is 10.1 Å². The summed E-state index contributed by atoms with van der Waals surface area (Å²) in [5, 5.41) is 3.51. The Kier molecular flexibility index (Phi) is 3.83. The third kappa shape index (κ3) is 2.54. The average molecular weight is 325 g/mol. The van der Waals surface area contributed by atoms with Crippen molar-refractivity contribution in [2.75, 3.05) is 26.7 Å². The number of hydrogen-bond acceptors (Lipinski definition) is 3. The lowest BCUT2D eigenvalue weighted by atomic mass is 9.95. The van der Waals surface area contributed by atoms with Crippen LogP contribution in [0.1, 0.15) is 12.5 Å². The maximum Gasteiger partial charge on any atom is 0.123 e. The van der Waals surface area contributed by atoms with Gasteiger partial charge in [-0.25, -0.2) is 0 Å². The molecule has 0 radical (unpaired) electrons. The van der Waals surface area contributed by atoms with E-state index in [0.29, 0.717) is 6.04 Å². The molecule has 0 spiro atoms. The number of methoxy groups -OCH3 is 1. The van der Waals surface area contributed by atoms with Gasteiger partial charge in [0, 0.05) is 29.2 Å². The Hall–Kier alpha value is -0.580. The van der Waals surface area contributed by atoms with Crippen LogP contribution in [-0.2, 0) is 6.54 Å². The predicted molar refractivity (Wildman–Crippen MR) is 80.4 cm³/mol. The summed E-state index contributed by atoms with van der Waals surface area (Å²) in [6, 6.07) is 6.91. The Morgan fingerprint density at radius 3 is 3.00 bits per heavy atom. The summed E-state index contributed by atoms with van der Waals surface area (Å²) in [5.74, 6) is 2.64. The van der Waals surface area contributed by atoms with E-state index < -0.39 is 0 Å². The van der Waals surface area contributed by atoms with Gasteiger partial charge in [-0.1, -0.05) is 15.9 Å². The van der Waals surface area contributed by atoms with Gasteiger partial charge >= 0.3 is 0 Å². The molecular formula is C15H21BrN2O. The number of nitrogens with one attached hydrogen (secondary N) is 1. The van der Waals surface area contributed by atoms with E-state index in [-0.39, 0.29) is 0 Å². The zero-order valence-electron chi connectivity index (χ0n) is 11.5. The number of ether oxygens (including phenoxy) is 1. The molecule has 0 amide bonds. The SMILES string of the molecule is COc1ccc(Br)cc1CN1CC2CNCC2C1C. The highest BCUT2D eigenvalue weighted by Gasteiger charge is 2.41. The molecule has 2 heterocycles. The van der Waals surface area contributed by atoms with Gasteiger partial charge in [0.25, 0.3) is 0 Å². The second-order valence-corrected chi connectivity index (χ2v) is 6.62. The van der Waals surface area contributed by atoms with E-state index in [0.717, 1.165) is 28.6 Å². The van der Waals surface area contributed by atoms with Crippen LogP contribution in [0.2, 0.25) is 0 Å². The van der Waals surface area contributed by atoms with Crippen molar-refractivity contribution in [2.45, 2.75) is 19.5 Å². The van der Waals surface area contributed by atoms with Crippen molar-refractivity contribution in [1.29, 1.82) is 0 Å². The molecule has 3 atom stereocenters. The first-order chi connectivity index (χ1) is 9.19. The van der Waals surface area contributed by atoms with Crippen LogP contribution in [0.4, 0.5) is 0 Å². The molecule has 1 aromatic rings. The number of benzene rings is 1. The molecule has 3 rings (SSSR count). The van der Waals surface area contributed by atoms with Crippen molar-refractivity contribution < 1.29 is 4.74 Å². The maximum absolute atomic E-state index is 5.48. The first-order valence-electron chi connectivity index (χ1n) is 6.96. The van der Waals surface area contributed by atoms with Crippen LogP contribution < -0.4 is 10.1 Å². The lowest BCUT2D eigenvalue weighted by Gasteiger charge is -2.25. The lowest BCUT2D eigenvalue weighted by molar-refractivity contribution is 0.228. The summed E-state index contributed by atoms with van der Waals surface area (Å²) >= 11 is 3.55. The molecule has 1 aromatic carbocycles. The molecule has 2 aliphatic heterocycles. The molecule has 0 aliphatic carbocycles. The van der Waals surface area contributed by atoms with E-state index in [1.807, 2.05) is 12.1 Å². The molecule has 0 saturated carbocycles. The summed E-state index contributed by atoms with van der Waals surface area (Å²) in [6.07, 6.45) is 0. The van der Waals surface area contributed by atoms with E-state index in [4.69, 9.17) is 4.74 Å². The molecular weight excluding hydrogens is 304 g/mol. The predicted octanol–water partition coefficient (Wildman–Crippen LogP) is 2.50. The summed E-state index contributed by atoms with van der Waals surface area (Å²) in [5.41, 5.74) is 1.27. The first kappa shape index (κ1) is 13.4. The standard InChI is InChI=1S/C15H21BrN2O/c1-10-14-7-17-6-12(14)9-18(10)8-11-5-13(16)3-4-15(11)19-2/h3-5,10,12,14,17H,6-9H2,1-2H3. The van der Waals surface area contributed by atoms with Crippen LogP contribution in [-0.4, -0.2) is 37.7 Å². The van der Waals surface area contributed by atoms with Crippen molar-refractivity contribution in [3.05, 3.63) is 28.2 Å². The zero-order valence-corrected chi connectivity index (χ0v) is 13.1.